The number of pyridine rings is 1. The Morgan fingerprint density at radius 3 is 2.14 bits per heavy atom. The van der Waals surface area contributed by atoms with Gasteiger partial charge in [0, 0.05) is 18.2 Å². The number of halogens is 4. The molecule has 1 unspecified atom stereocenters. The first-order chi connectivity index (χ1) is 16.7. The number of carbonyl (C=O) groups excluding carboxylic acids is 1. The van der Waals surface area contributed by atoms with E-state index >= 15 is 0 Å². The number of hydrogen-bond acceptors (Lipinski definition) is 2. The maximum Gasteiger partial charge on any atom is 0.416 e. The minimum absolute atomic E-state index is 0.170. The van der Waals surface area contributed by atoms with Gasteiger partial charge in [-0.25, -0.2) is 0 Å². The number of aromatic nitrogens is 1. The minimum Gasteiger partial charge on any atom is -0.337 e. The van der Waals surface area contributed by atoms with E-state index in [2.05, 4.69) is 10.3 Å². The highest BCUT2D eigenvalue weighted by Gasteiger charge is 2.41. The van der Waals surface area contributed by atoms with E-state index in [1.807, 2.05) is 30.3 Å². The van der Waals surface area contributed by atoms with Gasteiger partial charge in [0.1, 0.15) is 5.54 Å². The summed E-state index contributed by atoms with van der Waals surface area (Å²) in [5.74, 6) is -0.435. The Bertz CT molecular complexity index is 1330. The molecule has 35 heavy (non-hydrogen) atoms. The van der Waals surface area contributed by atoms with Crippen LogP contribution in [-0.4, -0.2) is 10.9 Å². The molecule has 1 N–H and O–H groups in total. The molecule has 4 aromatic rings. The van der Waals surface area contributed by atoms with Crippen molar-refractivity contribution in [2.75, 3.05) is 0 Å². The summed E-state index contributed by atoms with van der Waals surface area (Å²) in [6, 6.07) is 24.5. The van der Waals surface area contributed by atoms with Crippen LogP contribution in [0.5, 0.6) is 0 Å². The van der Waals surface area contributed by atoms with Crippen molar-refractivity contribution in [3.8, 4) is 0 Å². The van der Waals surface area contributed by atoms with E-state index in [9.17, 15) is 18.0 Å². The highest BCUT2D eigenvalue weighted by Crippen LogP contribution is 2.38. The maximum absolute atomic E-state index is 13.7. The van der Waals surface area contributed by atoms with Crippen molar-refractivity contribution in [2.24, 2.45) is 0 Å². The van der Waals surface area contributed by atoms with Crippen molar-refractivity contribution < 1.29 is 18.0 Å². The number of aryl methyl sites for hydroxylation is 1. The topological polar surface area (TPSA) is 42.0 Å². The maximum atomic E-state index is 13.7. The van der Waals surface area contributed by atoms with Crippen molar-refractivity contribution in [1.29, 1.82) is 0 Å². The third kappa shape index (κ3) is 5.38. The van der Waals surface area contributed by atoms with Gasteiger partial charge < -0.3 is 5.32 Å². The second-order valence-corrected chi connectivity index (χ2v) is 8.72. The molecule has 3 nitrogen and oxygen atoms in total. The minimum atomic E-state index is -4.56. The molecule has 7 heteroatoms. The number of carbonyl (C=O) groups is 1. The summed E-state index contributed by atoms with van der Waals surface area (Å²) in [4.78, 5) is 18.0. The normalized spacial score (nSPS) is 13.2. The molecule has 0 radical (unpaired) electrons. The first-order valence-corrected chi connectivity index (χ1v) is 11.3. The molecule has 0 saturated carbocycles. The fourth-order valence-electron chi connectivity index (χ4n) is 4.20. The van der Waals surface area contributed by atoms with E-state index in [0.29, 0.717) is 21.8 Å². The lowest BCUT2D eigenvalue weighted by atomic mass is 9.78. The molecular formula is C28H22ClF3N2O. The van der Waals surface area contributed by atoms with Gasteiger partial charge >= 0.3 is 6.18 Å². The number of rotatable bonds is 6. The van der Waals surface area contributed by atoms with Gasteiger partial charge in [-0.15, -0.1) is 0 Å². The van der Waals surface area contributed by atoms with Crippen LogP contribution in [0.3, 0.4) is 0 Å². The molecule has 4 rings (SSSR count). The van der Waals surface area contributed by atoms with Crippen LogP contribution < -0.4 is 5.32 Å². The fourth-order valence-corrected chi connectivity index (χ4v) is 4.42. The summed E-state index contributed by atoms with van der Waals surface area (Å²) in [7, 11) is 0. The molecule has 0 bridgehead atoms. The SMILES string of the molecule is Cc1cc(Cl)cnc1C(Cc1ccccc1)(NC(=O)c1ccccc1)c1cccc(C(F)(F)F)c1. The molecule has 1 aromatic heterocycles. The number of hydrogen-bond donors (Lipinski definition) is 1. The second-order valence-electron chi connectivity index (χ2n) is 8.29. The van der Waals surface area contributed by atoms with Crippen molar-refractivity contribution >= 4 is 17.5 Å². The summed E-state index contributed by atoms with van der Waals surface area (Å²) >= 11 is 6.16. The lowest BCUT2D eigenvalue weighted by molar-refractivity contribution is -0.137. The Balaban J connectivity index is 1.99. The average Bonchev–Trinajstić information content (AvgIpc) is 2.84. The van der Waals surface area contributed by atoms with Gasteiger partial charge in [0.25, 0.3) is 5.91 Å². The average molecular weight is 495 g/mol. The molecule has 1 amide bonds. The lowest BCUT2D eigenvalue weighted by Crippen LogP contribution is -2.49. The molecule has 0 aliphatic heterocycles. The van der Waals surface area contributed by atoms with Crippen LogP contribution in [0, 0.1) is 6.92 Å². The van der Waals surface area contributed by atoms with Gasteiger partial charge in [-0.05, 0) is 53.9 Å². The molecule has 0 fully saturated rings. The monoisotopic (exact) mass is 494 g/mol. The van der Waals surface area contributed by atoms with Crippen LogP contribution in [0.15, 0.2) is 97.2 Å². The quantitative estimate of drug-likeness (QED) is 0.314. The van der Waals surface area contributed by atoms with Gasteiger partial charge in [-0.1, -0.05) is 72.3 Å². The third-order valence-electron chi connectivity index (χ3n) is 5.81. The number of nitrogens with zero attached hydrogens (tertiary/aromatic N) is 1. The molecule has 0 saturated heterocycles. The molecule has 0 aliphatic carbocycles. The van der Waals surface area contributed by atoms with Crippen molar-refractivity contribution in [1.82, 2.24) is 10.3 Å². The summed E-state index contributed by atoms with van der Waals surface area (Å²) in [6.45, 7) is 1.77. The highest BCUT2D eigenvalue weighted by molar-refractivity contribution is 6.30. The number of benzene rings is 3. The van der Waals surface area contributed by atoms with E-state index in [1.165, 1.54) is 12.3 Å². The van der Waals surface area contributed by atoms with Gasteiger partial charge in [-0.3, -0.25) is 9.78 Å². The van der Waals surface area contributed by atoms with E-state index in [0.717, 1.165) is 17.7 Å². The van der Waals surface area contributed by atoms with E-state index in [1.54, 1.807) is 49.4 Å². The lowest BCUT2D eigenvalue weighted by Gasteiger charge is -2.37. The number of alkyl halides is 3. The zero-order chi connectivity index (χ0) is 25.1. The van der Waals surface area contributed by atoms with Crippen LogP contribution in [-0.2, 0) is 18.1 Å². The molecule has 1 atom stereocenters. The van der Waals surface area contributed by atoms with Crippen molar-refractivity contribution in [3.05, 3.63) is 136 Å². The van der Waals surface area contributed by atoms with E-state index in [-0.39, 0.29) is 12.0 Å². The van der Waals surface area contributed by atoms with E-state index in [4.69, 9.17) is 11.6 Å². The Morgan fingerprint density at radius 1 is 0.886 bits per heavy atom. The second kappa shape index (κ2) is 9.92. The Morgan fingerprint density at radius 2 is 1.51 bits per heavy atom. The van der Waals surface area contributed by atoms with Crippen molar-refractivity contribution in [3.63, 3.8) is 0 Å². The smallest absolute Gasteiger partial charge is 0.337 e. The number of nitrogens with one attached hydrogen (secondary N) is 1. The molecule has 1 heterocycles. The first-order valence-electron chi connectivity index (χ1n) is 10.9. The highest BCUT2D eigenvalue weighted by atomic mass is 35.5. The zero-order valence-corrected chi connectivity index (χ0v) is 19.6. The van der Waals surface area contributed by atoms with Crippen LogP contribution in [0.4, 0.5) is 13.2 Å². The Hall–Kier alpha value is -3.64. The molecule has 3 aromatic carbocycles. The standard InChI is InChI=1S/C28H22ClF3N2O/c1-19-15-24(29)18-33-25(19)27(17-20-9-4-2-5-10-20,34-26(35)21-11-6-3-7-12-21)22-13-8-14-23(16-22)28(30,31)32/h2-16,18H,17H2,1H3,(H,34,35). The van der Waals surface area contributed by atoms with Gasteiger partial charge in [0.2, 0.25) is 0 Å². The van der Waals surface area contributed by atoms with Crippen LogP contribution >= 0.6 is 11.6 Å². The number of amides is 1. The summed E-state index contributed by atoms with van der Waals surface area (Å²) in [6.07, 6.45) is -2.95. The third-order valence-corrected chi connectivity index (χ3v) is 6.01. The fraction of sp³-hybridized carbons (Fsp3) is 0.143. The van der Waals surface area contributed by atoms with Crippen LogP contribution in [0.2, 0.25) is 5.02 Å². The molecule has 0 aliphatic rings. The molecular weight excluding hydrogens is 473 g/mol. The van der Waals surface area contributed by atoms with Crippen LogP contribution in [0.1, 0.15) is 38.3 Å². The predicted molar refractivity (Wildman–Crippen MR) is 130 cm³/mol. The van der Waals surface area contributed by atoms with Gasteiger partial charge in [-0.2, -0.15) is 13.2 Å². The Kier molecular flexibility index (Phi) is 6.94. The van der Waals surface area contributed by atoms with E-state index < -0.39 is 23.2 Å². The largest absolute Gasteiger partial charge is 0.416 e. The molecule has 178 valence electrons. The molecule has 0 spiro atoms. The summed E-state index contributed by atoms with van der Waals surface area (Å²) < 4.78 is 41.2. The van der Waals surface area contributed by atoms with Gasteiger partial charge in [0.15, 0.2) is 0 Å². The summed E-state index contributed by atoms with van der Waals surface area (Å²) in [5.41, 5.74) is 0.280. The first kappa shape index (κ1) is 24.5. The predicted octanol–water partition coefficient (Wildman–Crippen LogP) is 6.98. The zero-order valence-electron chi connectivity index (χ0n) is 18.8. The summed E-state index contributed by atoms with van der Waals surface area (Å²) in [5, 5.41) is 3.44. The van der Waals surface area contributed by atoms with Crippen molar-refractivity contribution in [2.45, 2.75) is 25.1 Å². The van der Waals surface area contributed by atoms with Crippen LogP contribution in [0.25, 0.3) is 0 Å². The Labute approximate surface area is 206 Å². The van der Waals surface area contributed by atoms with Gasteiger partial charge in [0.05, 0.1) is 16.3 Å².